The Balaban J connectivity index is 1.96. The van der Waals surface area contributed by atoms with Crippen LogP contribution in [0.3, 0.4) is 0 Å². The zero-order valence-corrected chi connectivity index (χ0v) is 13.5. The van der Waals surface area contributed by atoms with Gasteiger partial charge in [-0.3, -0.25) is 4.79 Å². The van der Waals surface area contributed by atoms with Gasteiger partial charge in [-0.05, 0) is 25.3 Å². The van der Waals surface area contributed by atoms with Crippen LogP contribution in [-0.4, -0.2) is 53.3 Å². The Morgan fingerprint density at radius 3 is 2.91 bits per heavy atom. The average Bonchev–Trinajstić information content (AvgIpc) is 3.09. The molecule has 0 radical (unpaired) electrons. The van der Waals surface area contributed by atoms with Gasteiger partial charge >= 0.3 is 5.97 Å². The average molecular weight is 321 g/mol. The molecule has 0 saturated carbocycles. The second-order valence-electron chi connectivity index (χ2n) is 6.45. The van der Waals surface area contributed by atoms with Crippen LogP contribution in [-0.2, 0) is 19.1 Å². The SMILES string of the molecule is C=CCOC(=O)C1=C([C@@H]2CCCO2)[C@H](C)[C@@H]2[C@@H]([C@@H](C)O)C(=O)N12. The summed E-state index contributed by atoms with van der Waals surface area (Å²) in [6.45, 7) is 7.91. The number of carbonyl (C=O) groups excluding carboxylic acids is 2. The van der Waals surface area contributed by atoms with E-state index in [4.69, 9.17) is 9.47 Å². The molecule has 1 N–H and O–H groups in total. The minimum absolute atomic E-state index is 0.0262. The quantitative estimate of drug-likeness (QED) is 0.464. The van der Waals surface area contributed by atoms with E-state index in [1.807, 2.05) is 6.92 Å². The largest absolute Gasteiger partial charge is 0.457 e. The van der Waals surface area contributed by atoms with Gasteiger partial charge in [-0.15, -0.1) is 0 Å². The van der Waals surface area contributed by atoms with Crippen molar-refractivity contribution in [2.75, 3.05) is 13.2 Å². The molecule has 5 atom stereocenters. The monoisotopic (exact) mass is 321 g/mol. The molecular weight excluding hydrogens is 298 g/mol. The van der Waals surface area contributed by atoms with Crippen LogP contribution in [0.25, 0.3) is 0 Å². The highest BCUT2D eigenvalue weighted by Gasteiger charge is 2.61. The molecule has 0 aromatic rings. The lowest BCUT2D eigenvalue weighted by atomic mass is 9.77. The summed E-state index contributed by atoms with van der Waals surface area (Å²) < 4.78 is 10.9. The number of ether oxygens (including phenoxy) is 2. The first-order valence-electron chi connectivity index (χ1n) is 8.13. The molecule has 6 nitrogen and oxygen atoms in total. The lowest BCUT2D eigenvalue weighted by molar-refractivity contribution is -0.164. The number of hydrogen-bond donors (Lipinski definition) is 1. The van der Waals surface area contributed by atoms with Gasteiger partial charge in [-0.1, -0.05) is 19.6 Å². The van der Waals surface area contributed by atoms with Crippen molar-refractivity contribution in [1.82, 2.24) is 4.90 Å². The first-order chi connectivity index (χ1) is 11.0. The van der Waals surface area contributed by atoms with Gasteiger partial charge in [0.05, 0.1) is 24.2 Å². The minimum Gasteiger partial charge on any atom is -0.457 e. The lowest BCUT2D eigenvalue weighted by Gasteiger charge is -2.46. The van der Waals surface area contributed by atoms with Gasteiger partial charge in [0.2, 0.25) is 5.91 Å². The summed E-state index contributed by atoms with van der Waals surface area (Å²) in [5, 5.41) is 9.90. The first-order valence-corrected chi connectivity index (χ1v) is 8.13. The number of rotatable bonds is 5. The Morgan fingerprint density at radius 1 is 1.61 bits per heavy atom. The number of nitrogens with zero attached hydrogens (tertiary/aromatic N) is 1. The van der Waals surface area contributed by atoms with Crippen LogP contribution in [0.5, 0.6) is 0 Å². The van der Waals surface area contributed by atoms with E-state index in [1.54, 1.807) is 6.92 Å². The molecule has 0 unspecified atom stereocenters. The second kappa shape index (κ2) is 6.09. The molecule has 3 aliphatic rings. The number of β-lactam (4-membered cyclic amide) rings is 1. The van der Waals surface area contributed by atoms with Gasteiger partial charge < -0.3 is 19.5 Å². The molecule has 0 aromatic heterocycles. The Kier molecular flexibility index (Phi) is 4.29. The Morgan fingerprint density at radius 2 is 2.35 bits per heavy atom. The summed E-state index contributed by atoms with van der Waals surface area (Å²) in [4.78, 5) is 26.4. The number of aliphatic hydroxyl groups excluding tert-OH is 1. The predicted molar refractivity (Wildman–Crippen MR) is 82.1 cm³/mol. The maximum Gasteiger partial charge on any atom is 0.355 e. The third kappa shape index (κ3) is 2.40. The molecular formula is C17H23NO5. The van der Waals surface area contributed by atoms with Crippen LogP contribution in [0.15, 0.2) is 23.9 Å². The summed E-state index contributed by atoms with van der Waals surface area (Å²) >= 11 is 0. The molecule has 3 aliphatic heterocycles. The van der Waals surface area contributed by atoms with Crippen LogP contribution < -0.4 is 0 Å². The smallest absolute Gasteiger partial charge is 0.355 e. The standard InChI is InChI=1S/C17H23NO5/c1-4-7-23-17(21)15-12(11-6-5-8-22-11)9(2)14-13(10(3)19)16(20)18(14)15/h4,9-11,13-14,19H,1,5-8H2,2-3H3/t9-,10+,11-,13+,14+/m0/s1. The van der Waals surface area contributed by atoms with Gasteiger partial charge in [0.1, 0.15) is 12.3 Å². The van der Waals surface area contributed by atoms with E-state index in [-0.39, 0.29) is 30.6 Å². The van der Waals surface area contributed by atoms with Gasteiger partial charge in [-0.25, -0.2) is 4.79 Å². The molecule has 3 heterocycles. The highest BCUT2D eigenvalue weighted by molar-refractivity contribution is 6.01. The summed E-state index contributed by atoms with van der Waals surface area (Å²) in [6, 6.07) is -0.187. The fraction of sp³-hybridized carbons (Fsp3) is 0.647. The molecule has 2 fully saturated rings. The van der Waals surface area contributed by atoms with Crippen LogP contribution in [0.2, 0.25) is 0 Å². The number of esters is 1. The minimum atomic E-state index is -0.736. The van der Waals surface area contributed by atoms with Crippen molar-refractivity contribution in [2.24, 2.45) is 11.8 Å². The Hall–Kier alpha value is -1.66. The van der Waals surface area contributed by atoms with Gasteiger partial charge in [0.15, 0.2) is 0 Å². The first kappa shape index (κ1) is 16.2. The maximum absolute atomic E-state index is 12.5. The summed E-state index contributed by atoms with van der Waals surface area (Å²) in [7, 11) is 0. The van der Waals surface area contributed by atoms with Crippen molar-refractivity contribution in [1.29, 1.82) is 0 Å². The molecule has 1 amide bonds. The lowest BCUT2D eigenvalue weighted by Crippen LogP contribution is -2.63. The van der Waals surface area contributed by atoms with E-state index in [0.717, 1.165) is 18.4 Å². The van der Waals surface area contributed by atoms with Crippen molar-refractivity contribution in [2.45, 2.75) is 44.9 Å². The summed E-state index contributed by atoms with van der Waals surface area (Å²) in [6.07, 6.45) is 2.39. The molecule has 0 spiro atoms. The zero-order valence-electron chi connectivity index (χ0n) is 13.5. The van der Waals surface area contributed by atoms with E-state index >= 15 is 0 Å². The highest BCUT2D eigenvalue weighted by Crippen LogP contribution is 2.49. The normalized spacial score (nSPS) is 34.2. The zero-order chi connectivity index (χ0) is 16.7. The number of aliphatic hydroxyl groups is 1. The molecule has 2 saturated heterocycles. The molecule has 6 heteroatoms. The fourth-order valence-corrected chi connectivity index (χ4v) is 4.04. The number of carbonyl (C=O) groups is 2. The molecule has 23 heavy (non-hydrogen) atoms. The summed E-state index contributed by atoms with van der Waals surface area (Å²) in [5.74, 6) is -1.22. The molecule has 3 rings (SSSR count). The van der Waals surface area contributed by atoms with Crippen molar-refractivity contribution in [3.05, 3.63) is 23.9 Å². The Labute approximate surface area is 135 Å². The molecule has 0 aliphatic carbocycles. The van der Waals surface area contributed by atoms with Crippen molar-refractivity contribution in [3.63, 3.8) is 0 Å². The predicted octanol–water partition coefficient (Wildman–Crippen LogP) is 1.01. The van der Waals surface area contributed by atoms with Gasteiger partial charge in [0, 0.05) is 12.5 Å². The van der Waals surface area contributed by atoms with Gasteiger partial charge in [-0.2, -0.15) is 0 Å². The number of hydrogen-bond acceptors (Lipinski definition) is 5. The highest BCUT2D eigenvalue weighted by atomic mass is 16.5. The van der Waals surface area contributed by atoms with E-state index in [1.165, 1.54) is 11.0 Å². The van der Waals surface area contributed by atoms with Crippen molar-refractivity contribution in [3.8, 4) is 0 Å². The second-order valence-corrected chi connectivity index (χ2v) is 6.45. The van der Waals surface area contributed by atoms with E-state index in [9.17, 15) is 14.7 Å². The van der Waals surface area contributed by atoms with E-state index < -0.39 is 18.0 Å². The van der Waals surface area contributed by atoms with Crippen LogP contribution in [0.4, 0.5) is 0 Å². The van der Waals surface area contributed by atoms with Crippen LogP contribution >= 0.6 is 0 Å². The third-order valence-corrected chi connectivity index (χ3v) is 5.03. The van der Waals surface area contributed by atoms with E-state index in [0.29, 0.717) is 12.3 Å². The van der Waals surface area contributed by atoms with Gasteiger partial charge in [0.25, 0.3) is 0 Å². The van der Waals surface area contributed by atoms with Crippen LogP contribution in [0, 0.1) is 11.8 Å². The van der Waals surface area contributed by atoms with Crippen molar-refractivity contribution < 1.29 is 24.2 Å². The van der Waals surface area contributed by atoms with Crippen LogP contribution in [0.1, 0.15) is 26.7 Å². The number of fused-ring (bicyclic) bond motifs is 1. The number of amides is 1. The topological polar surface area (TPSA) is 76.1 Å². The molecule has 0 aromatic carbocycles. The Bertz CT molecular complexity index is 561. The third-order valence-electron chi connectivity index (χ3n) is 5.03. The van der Waals surface area contributed by atoms with Crippen molar-refractivity contribution >= 4 is 11.9 Å². The molecule has 126 valence electrons. The fourth-order valence-electron chi connectivity index (χ4n) is 4.04. The maximum atomic E-state index is 12.5. The van der Waals surface area contributed by atoms with E-state index in [2.05, 4.69) is 6.58 Å². The summed E-state index contributed by atoms with van der Waals surface area (Å²) in [5.41, 5.74) is 1.16. The molecule has 0 bridgehead atoms.